The van der Waals surface area contributed by atoms with Crippen molar-refractivity contribution < 1.29 is 63.0 Å². The summed E-state index contributed by atoms with van der Waals surface area (Å²) in [4.78, 5) is 152. The monoisotopic (exact) mass is 1090 g/mol. The molecule has 0 bridgehead atoms. The second-order valence-electron chi connectivity index (χ2n) is 18.0. The third kappa shape index (κ3) is 20.7. The Morgan fingerprint density at radius 2 is 1.11 bits per heavy atom. The molecule has 2 aliphatic heterocycles. The van der Waals surface area contributed by atoms with Crippen molar-refractivity contribution in [2.24, 2.45) is 33.8 Å². The summed E-state index contributed by atoms with van der Waals surface area (Å²) in [5, 5.41) is 37.3. The Balaban J connectivity index is 2.28. The average Bonchev–Trinajstić information content (AvgIpc) is 4.03. The topological polar surface area (TPSA) is 435 Å². The van der Waals surface area contributed by atoms with Crippen molar-refractivity contribution in [2.75, 3.05) is 49.8 Å². The average molecular weight is 1090 g/mol. The van der Waals surface area contributed by atoms with Gasteiger partial charge in [0.25, 0.3) is 0 Å². The summed E-state index contributed by atoms with van der Waals surface area (Å²) >= 11 is 9.46. The van der Waals surface area contributed by atoms with Crippen LogP contribution in [-0.2, 0) is 52.7 Å². The van der Waals surface area contributed by atoms with Crippen LogP contribution in [-0.4, -0.2) is 201 Å². The third-order valence-electron chi connectivity index (χ3n) is 11.7. The first-order valence-corrected chi connectivity index (χ1v) is 26.4. The number of thiol groups is 2. The molecule has 0 spiro atoms. The maximum Gasteiger partial charge on any atom is 0.327 e. The highest BCUT2D eigenvalue weighted by Gasteiger charge is 2.42. The summed E-state index contributed by atoms with van der Waals surface area (Å²) in [6.07, 6.45) is 2.26. The summed E-state index contributed by atoms with van der Waals surface area (Å²) in [7, 11) is 0. The van der Waals surface area contributed by atoms with Crippen LogP contribution < -0.4 is 60.2 Å². The van der Waals surface area contributed by atoms with Gasteiger partial charge < -0.3 is 80.2 Å². The van der Waals surface area contributed by atoms with E-state index in [2.05, 4.69) is 67.5 Å². The molecule has 0 aliphatic carbocycles. The Hall–Kier alpha value is -5.59. The SMILES string of the molecule is CSCC[C@H](NC(=O)[C@H](CO)NC(=O)[C@@H]1CCCN1C(=O)[C@H](CC(N)=O)NC(=O)[C@H](CC(C)C)NC(=O)[C@H](CS)NC(=O)[C@H](C)N)C(=O)N1CCC[C@H]1C(=O)N[C@@H](CCCN=C(N)N)C(=O)N[C@@H](CS)C(=O)O. The smallest absolute Gasteiger partial charge is 0.327 e. The Morgan fingerprint density at radius 1 is 0.644 bits per heavy atom. The molecular weight excluding hydrogens is 1020 g/mol. The summed E-state index contributed by atoms with van der Waals surface area (Å²) in [6, 6.07) is -12.9. The zero-order valence-corrected chi connectivity index (χ0v) is 44.1. The number of nitrogens with two attached hydrogens (primary N) is 4. The van der Waals surface area contributed by atoms with Gasteiger partial charge in [-0.3, -0.25) is 52.9 Å². The van der Waals surface area contributed by atoms with E-state index < -0.39 is 138 Å². The summed E-state index contributed by atoms with van der Waals surface area (Å²) in [5.74, 6) is -9.99. The lowest BCUT2D eigenvalue weighted by Gasteiger charge is -2.31. The van der Waals surface area contributed by atoms with Gasteiger partial charge in [0.15, 0.2) is 5.96 Å². The van der Waals surface area contributed by atoms with E-state index in [0.717, 1.165) is 4.90 Å². The first kappa shape index (κ1) is 63.5. The molecule has 27 nitrogen and oxygen atoms in total. The van der Waals surface area contributed by atoms with Crippen LogP contribution in [0.4, 0.5) is 0 Å². The van der Waals surface area contributed by atoms with E-state index in [1.54, 1.807) is 20.1 Å². The number of aliphatic imine (C=N–C) groups is 1. The summed E-state index contributed by atoms with van der Waals surface area (Å²) in [6.45, 7) is 4.15. The molecule has 412 valence electrons. The Bertz CT molecular complexity index is 2000. The summed E-state index contributed by atoms with van der Waals surface area (Å²) in [5.41, 5.74) is 21.9. The van der Waals surface area contributed by atoms with Gasteiger partial charge in [0.1, 0.15) is 54.4 Å². The minimum Gasteiger partial charge on any atom is -0.480 e. The van der Waals surface area contributed by atoms with Crippen LogP contribution in [0.5, 0.6) is 0 Å². The van der Waals surface area contributed by atoms with Crippen LogP contribution in [0.1, 0.15) is 78.6 Å². The number of nitrogens with zero attached hydrogens (tertiary/aromatic N) is 3. The van der Waals surface area contributed by atoms with E-state index in [4.69, 9.17) is 22.9 Å². The number of hydrogen-bond donors (Lipinski definition) is 15. The van der Waals surface area contributed by atoms with Crippen LogP contribution in [0.15, 0.2) is 4.99 Å². The molecular formula is C43H74N14O13S3. The number of amides is 10. The molecule has 0 aromatic heterocycles. The zero-order valence-electron chi connectivity index (χ0n) is 41.5. The molecule has 0 saturated carbocycles. The number of carbonyl (C=O) groups excluding carboxylic acids is 10. The Kier molecular flexibility index (Phi) is 27.7. The fourth-order valence-electron chi connectivity index (χ4n) is 7.88. The number of nitrogens with one attached hydrogen (secondary N) is 7. The van der Waals surface area contributed by atoms with Gasteiger partial charge in [-0.15, -0.1) is 0 Å². The van der Waals surface area contributed by atoms with Crippen LogP contribution >= 0.6 is 37.0 Å². The normalized spacial score (nSPS) is 18.6. The predicted octanol–water partition coefficient (Wildman–Crippen LogP) is -5.63. The minimum absolute atomic E-state index is 0.0108. The third-order valence-corrected chi connectivity index (χ3v) is 13.1. The zero-order chi connectivity index (χ0) is 55.1. The van der Waals surface area contributed by atoms with Gasteiger partial charge in [0, 0.05) is 31.1 Å². The number of carboxylic acid groups (broad SMARTS) is 1. The molecule has 2 fully saturated rings. The number of carbonyl (C=O) groups is 11. The molecule has 0 aromatic rings. The highest BCUT2D eigenvalue weighted by Crippen LogP contribution is 2.22. The van der Waals surface area contributed by atoms with Crippen molar-refractivity contribution in [3.05, 3.63) is 0 Å². The van der Waals surface area contributed by atoms with Crippen molar-refractivity contribution in [2.45, 2.75) is 139 Å². The Labute approximate surface area is 438 Å². The summed E-state index contributed by atoms with van der Waals surface area (Å²) < 4.78 is 0. The quantitative estimate of drug-likeness (QED) is 0.0133. The highest BCUT2D eigenvalue weighted by atomic mass is 32.2. The number of carboxylic acids is 1. The van der Waals surface area contributed by atoms with Crippen molar-refractivity contribution in [1.29, 1.82) is 0 Å². The number of aliphatic hydroxyl groups is 1. The van der Waals surface area contributed by atoms with Gasteiger partial charge in [0.2, 0.25) is 59.1 Å². The van der Waals surface area contributed by atoms with E-state index >= 15 is 0 Å². The standard InChI is InChI=1S/C43H74N14O13S3/c1-21(2)16-25(51-37(64)28(19-71)54-33(60)22(3)44)35(62)52-26(17-32(45)59)41(68)57-14-7-10-31(57)39(66)53-27(18-58)36(63)50-24(11-15-73-4)40(67)56-13-6-9-30(56)38(65)49-23(8-5-12-48-43(46)47)34(61)55-29(20-72)42(69)70/h21-31,58,71-72H,5-20,44H2,1-4H3,(H2,45,59)(H,49,65)(H,50,63)(H,51,64)(H,52,62)(H,53,66)(H,54,60)(H,55,61)(H,69,70)(H4,46,47,48)/t22-,23-,24-,25-,26-,27-,28-,29-,30-,31-/m0/s1. The van der Waals surface area contributed by atoms with Crippen LogP contribution in [0.25, 0.3) is 0 Å². The lowest BCUT2D eigenvalue weighted by molar-refractivity contribution is -0.144. The van der Waals surface area contributed by atoms with Crippen molar-refractivity contribution >= 4 is 108 Å². The van der Waals surface area contributed by atoms with E-state index in [0.29, 0.717) is 12.2 Å². The number of likely N-dealkylation sites (tertiary alicyclic amines) is 2. The maximum atomic E-state index is 14.2. The fourth-order valence-corrected chi connectivity index (χ4v) is 8.85. The van der Waals surface area contributed by atoms with Crippen molar-refractivity contribution in [3.63, 3.8) is 0 Å². The molecule has 2 rings (SSSR count). The molecule has 2 saturated heterocycles. The second-order valence-corrected chi connectivity index (χ2v) is 19.7. The van der Waals surface area contributed by atoms with E-state index in [1.165, 1.54) is 23.6 Å². The molecule has 0 radical (unpaired) electrons. The Morgan fingerprint density at radius 3 is 1.59 bits per heavy atom. The fraction of sp³-hybridized carbons (Fsp3) is 0.721. The van der Waals surface area contributed by atoms with Gasteiger partial charge in [-0.2, -0.15) is 37.0 Å². The van der Waals surface area contributed by atoms with Gasteiger partial charge in [0.05, 0.1) is 19.1 Å². The van der Waals surface area contributed by atoms with Gasteiger partial charge in [-0.05, 0) is 76.2 Å². The number of primary amides is 1. The molecule has 2 heterocycles. The maximum absolute atomic E-state index is 14.2. The lowest BCUT2D eigenvalue weighted by Crippen LogP contribution is -2.61. The first-order chi connectivity index (χ1) is 34.4. The number of thioether (sulfide) groups is 1. The molecule has 10 amide bonds. The van der Waals surface area contributed by atoms with Gasteiger partial charge >= 0.3 is 5.97 Å². The van der Waals surface area contributed by atoms with Crippen LogP contribution in [0.3, 0.4) is 0 Å². The number of guanidine groups is 1. The minimum atomic E-state index is -1.65. The van der Waals surface area contributed by atoms with Crippen molar-refractivity contribution in [3.8, 4) is 0 Å². The molecule has 0 aromatic carbocycles. The number of rotatable bonds is 31. The van der Waals surface area contributed by atoms with Crippen LogP contribution in [0, 0.1) is 5.92 Å². The molecule has 73 heavy (non-hydrogen) atoms. The van der Waals surface area contributed by atoms with Gasteiger partial charge in [-0.1, -0.05) is 13.8 Å². The van der Waals surface area contributed by atoms with E-state index in [1.807, 2.05) is 0 Å². The molecule has 30 heteroatoms. The second kappa shape index (κ2) is 31.9. The molecule has 2 aliphatic rings. The van der Waals surface area contributed by atoms with Crippen LogP contribution in [0.2, 0.25) is 0 Å². The van der Waals surface area contributed by atoms with Gasteiger partial charge in [-0.25, -0.2) is 4.79 Å². The highest BCUT2D eigenvalue weighted by molar-refractivity contribution is 7.98. The lowest BCUT2D eigenvalue weighted by atomic mass is 10.0. The molecule has 17 N–H and O–H groups in total. The van der Waals surface area contributed by atoms with E-state index in [9.17, 15) is 63.0 Å². The number of hydrogen-bond acceptors (Lipinski definition) is 17. The van der Waals surface area contributed by atoms with E-state index in [-0.39, 0.29) is 88.0 Å². The predicted molar refractivity (Wildman–Crippen MR) is 275 cm³/mol. The largest absolute Gasteiger partial charge is 0.480 e. The first-order valence-electron chi connectivity index (χ1n) is 23.8. The molecule has 0 unspecified atom stereocenters. The molecule has 10 atom stereocenters. The van der Waals surface area contributed by atoms with Crippen molar-refractivity contribution in [1.82, 2.24) is 47.0 Å². The number of aliphatic hydroxyl groups excluding tert-OH is 1. The number of aliphatic carboxylic acids is 1.